The molecule has 0 spiro atoms. The van der Waals surface area contributed by atoms with Crippen LogP contribution in [-0.2, 0) is 9.59 Å². The lowest BCUT2D eigenvalue weighted by Crippen LogP contribution is -2.33. The highest BCUT2D eigenvalue weighted by atomic mass is 16.2. The highest BCUT2D eigenvalue weighted by Crippen LogP contribution is 2.24. The van der Waals surface area contributed by atoms with Crippen molar-refractivity contribution in [1.82, 2.24) is 0 Å². The van der Waals surface area contributed by atoms with Crippen LogP contribution in [0.1, 0.15) is 20.3 Å². The first-order valence-corrected chi connectivity index (χ1v) is 3.86. The number of hydrogen-bond acceptors (Lipinski definition) is 3. The Morgan fingerprint density at radius 2 is 2.00 bits per heavy atom. The van der Waals surface area contributed by atoms with Gasteiger partial charge in [0.1, 0.15) is 6.04 Å². The summed E-state index contributed by atoms with van der Waals surface area (Å²) in [5.74, 6) is -0.0730. The maximum absolute atomic E-state index is 11.2. The molecule has 0 aliphatic heterocycles. The predicted octanol–water partition coefficient (Wildman–Crippen LogP) is 0.128. The standard InChI is InChI=1S/C8H13NO2/c1-4(2)5-3-6(10)7(9)8(5)11/h4-5,7H,3,9H2,1-2H3. The van der Waals surface area contributed by atoms with E-state index in [-0.39, 0.29) is 23.4 Å². The van der Waals surface area contributed by atoms with Crippen molar-refractivity contribution in [2.45, 2.75) is 26.3 Å². The topological polar surface area (TPSA) is 60.2 Å². The Kier molecular flexibility index (Phi) is 2.09. The van der Waals surface area contributed by atoms with E-state index in [0.717, 1.165) is 0 Å². The zero-order chi connectivity index (χ0) is 8.59. The monoisotopic (exact) mass is 155 g/mol. The number of carbonyl (C=O) groups is 2. The maximum Gasteiger partial charge on any atom is 0.160 e. The summed E-state index contributed by atoms with van der Waals surface area (Å²) in [5.41, 5.74) is 5.35. The van der Waals surface area contributed by atoms with Crippen LogP contribution in [-0.4, -0.2) is 17.6 Å². The molecule has 1 aliphatic carbocycles. The Hall–Kier alpha value is -0.700. The molecule has 2 N–H and O–H groups in total. The predicted molar refractivity (Wildman–Crippen MR) is 40.9 cm³/mol. The van der Waals surface area contributed by atoms with Crippen LogP contribution in [0, 0.1) is 11.8 Å². The molecule has 0 aromatic rings. The fraction of sp³-hybridized carbons (Fsp3) is 0.750. The number of carbonyl (C=O) groups excluding carboxylic acids is 2. The molecule has 3 heteroatoms. The van der Waals surface area contributed by atoms with E-state index in [1.165, 1.54) is 0 Å². The molecule has 0 bridgehead atoms. The van der Waals surface area contributed by atoms with Crippen molar-refractivity contribution in [3.05, 3.63) is 0 Å². The van der Waals surface area contributed by atoms with Gasteiger partial charge in [0.15, 0.2) is 11.6 Å². The second-order valence-electron chi connectivity index (χ2n) is 3.40. The largest absolute Gasteiger partial charge is 0.315 e. The lowest BCUT2D eigenvalue weighted by atomic mass is 9.93. The van der Waals surface area contributed by atoms with E-state index < -0.39 is 6.04 Å². The number of hydrogen-bond donors (Lipinski definition) is 1. The molecule has 1 rings (SSSR count). The molecule has 1 aliphatic rings. The second kappa shape index (κ2) is 2.74. The van der Waals surface area contributed by atoms with Crippen molar-refractivity contribution in [3.63, 3.8) is 0 Å². The van der Waals surface area contributed by atoms with Crippen molar-refractivity contribution < 1.29 is 9.59 Å². The van der Waals surface area contributed by atoms with E-state index in [9.17, 15) is 9.59 Å². The molecule has 1 saturated carbocycles. The van der Waals surface area contributed by atoms with Crippen LogP contribution >= 0.6 is 0 Å². The molecular formula is C8H13NO2. The van der Waals surface area contributed by atoms with Crippen molar-refractivity contribution in [2.24, 2.45) is 17.6 Å². The summed E-state index contributed by atoms with van der Waals surface area (Å²) in [5, 5.41) is 0. The van der Waals surface area contributed by atoms with Crippen molar-refractivity contribution in [1.29, 1.82) is 0 Å². The number of ketones is 2. The normalized spacial score (nSPS) is 32.0. The summed E-state index contributed by atoms with van der Waals surface area (Å²) in [6.45, 7) is 3.88. The average molecular weight is 155 g/mol. The van der Waals surface area contributed by atoms with E-state index in [2.05, 4.69) is 0 Å². The Morgan fingerprint density at radius 3 is 2.18 bits per heavy atom. The third kappa shape index (κ3) is 1.33. The van der Waals surface area contributed by atoms with Crippen molar-refractivity contribution >= 4 is 11.6 Å². The van der Waals surface area contributed by atoms with Crippen LogP contribution in [0.4, 0.5) is 0 Å². The van der Waals surface area contributed by atoms with Gasteiger partial charge in [-0.2, -0.15) is 0 Å². The molecule has 0 amide bonds. The average Bonchev–Trinajstić information content (AvgIpc) is 2.17. The summed E-state index contributed by atoms with van der Waals surface area (Å²) in [6, 6.07) is -0.831. The van der Waals surface area contributed by atoms with Crippen LogP contribution in [0.5, 0.6) is 0 Å². The summed E-state index contributed by atoms with van der Waals surface area (Å²) in [6.07, 6.45) is 0.345. The van der Waals surface area contributed by atoms with Gasteiger partial charge in [0, 0.05) is 12.3 Å². The maximum atomic E-state index is 11.2. The molecule has 0 aromatic heterocycles. The van der Waals surface area contributed by atoms with E-state index in [0.29, 0.717) is 6.42 Å². The van der Waals surface area contributed by atoms with Gasteiger partial charge in [-0.15, -0.1) is 0 Å². The van der Waals surface area contributed by atoms with Crippen LogP contribution in [0.2, 0.25) is 0 Å². The van der Waals surface area contributed by atoms with Gasteiger partial charge in [0.05, 0.1) is 0 Å². The Balaban J connectivity index is 2.75. The molecule has 3 nitrogen and oxygen atoms in total. The highest BCUT2D eigenvalue weighted by Gasteiger charge is 2.39. The molecule has 1 fully saturated rings. The third-order valence-electron chi connectivity index (χ3n) is 2.24. The number of nitrogens with two attached hydrogens (primary N) is 1. The van der Waals surface area contributed by atoms with Gasteiger partial charge in [-0.1, -0.05) is 13.8 Å². The minimum atomic E-state index is -0.831. The van der Waals surface area contributed by atoms with Crippen LogP contribution in [0.25, 0.3) is 0 Å². The molecule has 0 aromatic carbocycles. The SMILES string of the molecule is CC(C)C1CC(=O)C(N)C1=O. The summed E-state index contributed by atoms with van der Waals surface area (Å²) >= 11 is 0. The van der Waals surface area contributed by atoms with Crippen molar-refractivity contribution in [2.75, 3.05) is 0 Å². The highest BCUT2D eigenvalue weighted by molar-refractivity contribution is 6.13. The molecule has 2 atom stereocenters. The first-order chi connectivity index (χ1) is 5.04. The zero-order valence-electron chi connectivity index (χ0n) is 6.83. The summed E-state index contributed by atoms with van der Waals surface area (Å²) in [7, 11) is 0. The smallest absolute Gasteiger partial charge is 0.160 e. The Labute approximate surface area is 66.0 Å². The molecule has 0 radical (unpaired) electrons. The molecule has 0 saturated heterocycles. The third-order valence-corrected chi connectivity index (χ3v) is 2.24. The van der Waals surface area contributed by atoms with E-state index in [4.69, 9.17) is 5.73 Å². The lowest BCUT2D eigenvalue weighted by molar-refractivity contribution is -0.124. The zero-order valence-corrected chi connectivity index (χ0v) is 6.83. The van der Waals surface area contributed by atoms with Gasteiger partial charge in [-0.05, 0) is 5.92 Å². The first-order valence-electron chi connectivity index (χ1n) is 3.86. The number of rotatable bonds is 1. The molecule has 0 heterocycles. The van der Waals surface area contributed by atoms with Crippen LogP contribution < -0.4 is 5.73 Å². The molecular weight excluding hydrogens is 142 g/mol. The molecule has 11 heavy (non-hydrogen) atoms. The second-order valence-corrected chi connectivity index (χ2v) is 3.40. The fourth-order valence-electron chi connectivity index (χ4n) is 1.40. The minimum absolute atomic E-state index is 0.0787. The summed E-state index contributed by atoms with van der Waals surface area (Å²) < 4.78 is 0. The minimum Gasteiger partial charge on any atom is -0.315 e. The van der Waals surface area contributed by atoms with E-state index in [1.54, 1.807) is 0 Å². The van der Waals surface area contributed by atoms with Crippen molar-refractivity contribution in [3.8, 4) is 0 Å². The van der Waals surface area contributed by atoms with Gasteiger partial charge in [-0.25, -0.2) is 0 Å². The molecule has 62 valence electrons. The van der Waals surface area contributed by atoms with Gasteiger partial charge >= 0.3 is 0 Å². The van der Waals surface area contributed by atoms with Gasteiger partial charge in [0.2, 0.25) is 0 Å². The Morgan fingerprint density at radius 1 is 1.45 bits per heavy atom. The van der Waals surface area contributed by atoms with E-state index in [1.807, 2.05) is 13.8 Å². The lowest BCUT2D eigenvalue weighted by Gasteiger charge is -2.10. The van der Waals surface area contributed by atoms with E-state index >= 15 is 0 Å². The quantitative estimate of drug-likeness (QED) is 0.547. The molecule has 2 unspecified atom stereocenters. The summed E-state index contributed by atoms with van der Waals surface area (Å²) in [4.78, 5) is 22.2. The van der Waals surface area contributed by atoms with Crippen LogP contribution in [0.15, 0.2) is 0 Å². The Bertz CT molecular complexity index is 198. The van der Waals surface area contributed by atoms with Gasteiger partial charge in [-0.3, -0.25) is 9.59 Å². The fourth-order valence-corrected chi connectivity index (χ4v) is 1.40. The van der Waals surface area contributed by atoms with Crippen LogP contribution in [0.3, 0.4) is 0 Å². The van der Waals surface area contributed by atoms with Gasteiger partial charge in [0.25, 0.3) is 0 Å². The first kappa shape index (κ1) is 8.40. The number of Topliss-reactive ketones (excluding diaryl/α,β-unsaturated/α-hetero) is 2. The van der Waals surface area contributed by atoms with Gasteiger partial charge < -0.3 is 5.73 Å².